The van der Waals surface area contributed by atoms with Gasteiger partial charge < -0.3 is 10.6 Å². The highest BCUT2D eigenvalue weighted by atomic mass is 35.5. The normalized spacial score (nSPS) is 11.4. The third-order valence-corrected chi connectivity index (χ3v) is 4.55. The van der Waals surface area contributed by atoms with E-state index in [1.807, 2.05) is 0 Å². The van der Waals surface area contributed by atoms with Crippen molar-refractivity contribution in [1.82, 2.24) is 0 Å². The third kappa shape index (κ3) is 4.53. The smallest absolute Gasteiger partial charge is 0.393 e. The van der Waals surface area contributed by atoms with Crippen LogP contribution in [0.15, 0.2) is 24.3 Å². The molecule has 0 aliphatic heterocycles. The van der Waals surface area contributed by atoms with Crippen LogP contribution in [0.2, 0.25) is 5.02 Å². The molecule has 0 unspecified atom stereocenters. The van der Waals surface area contributed by atoms with Crippen LogP contribution < -0.4 is 10.6 Å². The second-order valence-corrected chi connectivity index (χ2v) is 6.60. The van der Waals surface area contributed by atoms with Gasteiger partial charge in [-0.05, 0) is 18.6 Å². The Bertz CT molecular complexity index is 980. The Labute approximate surface area is 172 Å². The van der Waals surface area contributed by atoms with Crippen LogP contribution >= 0.6 is 11.6 Å². The van der Waals surface area contributed by atoms with Crippen molar-refractivity contribution in [1.29, 1.82) is 0 Å². The molecule has 2 rings (SSSR count). The number of hydrogen-bond acceptors (Lipinski definition) is 6. The number of nitrogens with two attached hydrogens (primary N) is 1. The average molecular weight is 451 g/mol. The van der Waals surface area contributed by atoms with Crippen molar-refractivity contribution in [2.75, 3.05) is 17.2 Å². The number of benzene rings is 2. The van der Waals surface area contributed by atoms with E-state index < -0.39 is 56.7 Å². The number of rotatable bonds is 7. The number of nitrogens with zero attached hydrogens (tertiary/aromatic N) is 3. The number of halogens is 5. The van der Waals surface area contributed by atoms with E-state index in [0.29, 0.717) is 0 Å². The molecule has 13 heteroatoms. The van der Waals surface area contributed by atoms with Crippen LogP contribution in [0.5, 0.6) is 0 Å². The van der Waals surface area contributed by atoms with Gasteiger partial charge in [-0.25, -0.2) is 4.39 Å². The van der Waals surface area contributed by atoms with Crippen molar-refractivity contribution in [3.05, 3.63) is 66.5 Å². The van der Waals surface area contributed by atoms with Crippen LogP contribution in [-0.4, -0.2) is 16.4 Å². The Balaban J connectivity index is 2.84. The Morgan fingerprint density at radius 1 is 1.20 bits per heavy atom. The lowest BCUT2D eigenvalue weighted by Gasteiger charge is -2.25. The zero-order valence-electron chi connectivity index (χ0n) is 15.4. The number of nitro benzene ring substituents is 2. The second kappa shape index (κ2) is 8.69. The minimum atomic E-state index is -5.16. The first kappa shape index (κ1) is 23.1. The first-order chi connectivity index (χ1) is 13.9. The van der Waals surface area contributed by atoms with Crippen molar-refractivity contribution in [2.45, 2.75) is 26.1 Å². The molecule has 0 spiro atoms. The summed E-state index contributed by atoms with van der Waals surface area (Å²) < 4.78 is 54.0. The summed E-state index contributed by atoms with van der Waals surface area (Å²) in [4.78, 5) is 21.8. The summed E-state index contributed by atoms with van der Waals surface area (Å²) in [6.07, 6.45) is -4.89. The molecule has 0 saturated carbocycles. The van der Waals surface area contributed by atoms with Crippen molar-refractivity contribution in [3.8, 4) is 0 Å². The van der Waals surface area contributed by atoms with Gasteiger partial charge >= 0.3 is 11.9 Å². The topological polar surface area (TPSA) is 116 Å². The van der Waals surface area contributed by atoms with E-state index in [1.165, 1.54) is 12.1 Å². The van der Waals surface area contributed by atoms with Gasteiger partial charge in [0.2, 0.25) is 0 Å². The van der Waals surface area contributed by atoms with Crippen LogP contribution in [0, 0.1) is 26.0 Å². The molecule has 0 atom stereocenters. The van der Waals surface area contributed by atoms with Crippen molar-refractivity contribution < 1.29 is 27.4 Å². The molecular weight excluding hydrogens is 436 g/mol. The Morgan fingerprint density at radius 3 is 2.30 bits per heavy atom. The molecule has 30 heavy (non-hydrogen) atoms. The first-order valence-corrected chi connectivity index (χ1v) is 8.78. The fraction of sp³-hybridized carbons (Fsp3) is 0.294. The van der Waals surface area contributed by atoms with Gasteiger partial charge in [0, 0.05) is 29.7 Å². The van der Waals surface area contributed by atoms with E-state index >= 15 is 0 Å². The van der Waals surface area contributed by atoms with Crippen LogP contribution in [-0.2, 0) is 12.7 Å². The number of alkyl halides is 3. The average Bonchev–Trinajstić information content (AvgIpc) is 2.61. The standard InChI is InChI=1S/C17H15ClF4N4O4/c1-2-6-24(8-9-11(18)4-3-5-12(9)19)15-13(25(27)28)7-10(17(20,21)22)14(23)16(15)26(29)30/h3-5,7H,2,6,8,23H2,1H3. The number of anilines is 2. The summed E-state index contributed by atoms with van der Waals surface area (Å²) in [7, 11) is 0. The molecule has 0 fully saturated rings. The quantitative estimate of drug-likeness (QED) is 0.264. The van der Waals surface area contributed by atoms with E-state index in [-0.39, 0.29) is 29.6 Å². The van der Waals surface area contributed by atoms with Crippen molar-refractivity contribution >= 4 is 34.4 Å². The molecule has 0 bridgehead atoms. The maximum Gasteiger partial charge on any atom is 0.418 e. The highest BCUT2D eigenvalue weighted by Gasteiger charge is 2.43. The van der Waals surface area contributed by atoms with E-state index in [9.17, 15) is 37.8 Å². The molecule has 2 aromatic rings. The van der Waals surface area contributed by atoms with Crippen molar-refractivity contribution in [2.24, 2.45) is 0 Å². The summed E-state index contributed by atoms with van der Waals surface area (Å²) >= 11 is 5.97. The van der Waals surface area contributed by atoms with Gasteiger partial charge in [-0.15, -0.1) is 0 Å². The lowest BCUT2D eigenvalue weighted by molar-refractivity contribution is -0.392. The summed E-state index contributed by atoms with van der Waals surface area (Å²) in [5.41, 5.74) is -0.897. The number of nitro groups is 2. The highest BCUT2D eigenvalue weighted by molar-refractivity contribution is 6.31. The monoisotopic (exact) mass is 450 g/mol. The molecule has 2 aromatic carbocycles. The minimum Gasteiger partial charge on any atom is -0.393 e. The molecule has 0 aromatic heterocycles. The third-order valence-electron chi connectivity index (χ3n) is 4.20. The fourth-order valence-corrected chi connectivity index (χ4v) is 3.17. The van der Waals surface area contributed by atoms with E-state index in [2.05, 4.69) is 0 Å². The van der Waals surface area contributed by atoms with E-state index in [0.717, 1.165) is 11.0 Å². The van der Waals surface area contributed by atoms with Gasteiger partial charge in [-0.1, -0.05) is 24.6 Å². The summed E-state index contributed by atoms with van der Waals surface area (Å²) in [5, 5.41) is 23.1. The first-order valence-electron chi connectivity index (χ1n) is 8.40. The molecule has 8 nitrogen and oxygen atoms in total. The fourth-order valence-electron chi connectivity index (χ4n) is 2.94. The lowest BCUT2D eigenvalue weighted by atomic mass is 10.1. The molecule has 162 valence electrons. The SMILES string of the molecule is CCCN(Cc1c(F)cccc1Cl)c1c([N+](=O)[O-])cc(C(F)(F)F)c(N)c1[N+](=O)[O-]. The largest absolute Gasteiger partial charge is 0.418 e. The number of hydrogen-bond donors (Lipinski definition) is 1. The molecular formula is C17H15ClF4N4O4. The number of nitrogen functional groups attached to an aromatic ring is 1. The molecule has 2 N–H and O–H groups in total. The molecule has 0 aliphatic rings. The van der Waals surface area contributed by atoms with Gasteiger partial charge in [-0.2, -0.15) is 13.2 Å². The molecule has 0 aliphatic carbocycles. The van der Waals surface area contributed by atoms with Crippen LogP contribution in [0.3, 0.4) is 0 Å². The molecule has 0 amide bonds. The molecule has 0 saturated heterocycles. The summed E-state index contributed by atoms with van der Waals surface area (Å²) in [6, 6.07) is 3.86. The van der Waals surface area contributed by atoms with E-state index in [4.69, 9.17) is 17.3 Å². The Kier molecular flexibility index (Phi) is 6.70. The maximum absolute atomic E-state index is 14.2. The van der Waals surface area contributed by atoms with Gasteiger partial charge in [0.15, 0.2) is 5.69 Å². The maximum atomic E-state index is 14.2. The van der Waals surface area contributed by atoms with Crippen LogP contribution in [0.4, 0.5) is 40.3 Å². The van der Waals surface area contributed by atoms with Crippen LogP contribution in [0.25, 0.3) is 0 Å². The molecule has 0 radical (unpaired) electrons. The summed E-state index contributed by atoms with van der Waals surface area (Å²) in [5.74, 6) is -0.784. The van der Waals surface area contributed by atoms with Gasteiger partial charge in [0.1, 0.15) is 11.5 Å². The van der Waals surface area contributed by atoms with Gasteiger partial charge in [0.05, 0.1) is 15.4 Å². The van der Waals surface area contributed by atoms with Crippen molar-refractivity contribution in [3.63, 3.8) is 0 Å². The van der Waals surface area contributed by atoms with Gasteiger partial charge in [0.25, 0.3) is 5.69 Å². The Morgan fingerprint density at radius 2 is 1.83 bits per heavy atom. The predicted octanol–water partition coefficient (Wildman–Crippen LogP) is 5.31. The molecule has 0 heterocycles. The summed E-state index contributed by atoms with van der Waals surface area (Å²) in [6.45, 7) is 1.07. The predicted molar refractivity (Wildman–Crippen MR) is 102 cm³/mol. The Hall–Kier alpha value is -3.15. The second-order valence-electron chi connectivity index (χ2n) is 6.19. The van der Waals surface area contributed by atoms with E-state index in [1.54, 1.807) is 6.92 Å². The van der Waals surface area contributed by atoms with Gasteiger partial charge in [-0.3, -0.25) is 20.2 Å². The highest BCUT2D eigenvalue weighted by Crippen LogP contribution is 2.48. The minimum absolute atomic E-state index is 0.0544. The van der Waals surface area contributed by atoms with Crippen LogP contribution in [0.1, 0.15) is 24.5 Å². The zero-order chi connectivity index (χ0) is 22.8. The lowest BCUT2D eigenvalue weighted by Crippen LogP contribution is -2.27. The zero-order valence-corrected chi connectivity index (χ0v) is 16.1.